The molecule has 0 atom stereocenters. The summed E-state index contributed by atoms with van der Waals surface area (Å²) in [6.45, 7) is 2.73. The molecule has 0 spiro atoms. The van der Waals surface area contributed by atoms with Crippen LogP contribution in [0.15, 0.2) is 29.6 Å². The number of hydrogen-bond acceptors (Lipinski definition) is 3. The molecule has 1 aromatic heterocycles. The van der Waals surface area contributed by atoms with Crippen LogP contribution in [0, 0.1) is 0 Å². The standard InChI is InChI=1S/C13H17NOS/c1-15-9-8-14-7-6-11-10-16-13-5-3-2-4-12(11)13/h2-5,10,14H,6-9H2,1H3. The molecule has 0 aliphatic carbocycles. The van der Waals surface area contributed by atoms with Crippen molar-refractivity contribution in [3.05, 3.63) is 35.2 Å². The van der Waals surface area contributed by atoms with Gasteiger partial charge >= 0.3 is 0 Å². The molecule has 0 saturated heterocycles. The van der Waals surface area contributed by atoms with Gasteiger partial charge in [0.05, 0.1) is 6.61 Å². The van der Waals surface area contributed by atoms with Gasteiger partial charge in [0, 0.05) is 18.4 Å². The van der Waals surface area contributed by atoms with E-state index in [0.717, 1.165) is 26.1 Å². The van der Waals surface area contributed by atoms with E-state index in [0.29, 0.717) is 0 Å². The molecule has 16 heavy (non-hydrogen) atoms. The minimum Gasteiger partial charge on any atom is -0.383 e. The van der Waals surface area contributed by atoms with Gasteiger partial charge in [0.25, 0.3) is 0 Å². The summed E-state index contributed by atoms with van der Waals surface area (Å²) in [6, 6.07) is 8.59. The fraction of sp³-hybridized carbons (Fsp3) is 0.385. The van der Waals surface area contributed by atoms with Gasteiger partial charge in [0.2, 0.25) is 0 Å². The normalized spacial score (nSPS) is 11.1. The lowest BCUT2D eigenvalue weighted by Gasteiger charge is -2.03. The summed E-state index contributed by atoms with van der Waals surface area (Å²) in [6.07, 6.45) is 1.09. The molecular weight excluding hydrogens is 218 g/mol. The van der Waals surface area contributed by atoms with Gasteiger partial charge in [-0.1, -0.05) is 18.2 Å². The van der Waals surface area contributed by atoms with E-state index in [1.165, 1.54) is 15.6 Å². The molecule has 2 rings (SSSR count). The first kappa shape index (κ1) is 11.6. The summed E-state index contributed by atoms with van der Waals surface area (Å²) in [5.41, 5.74) is 1.45. The summed E-state index contributed by atoms with van der Waals surface area (Å²) in [5, 5.41) is 7.04. The molecule has 3 heteroatoms. The lowest BCUT2D eigenvalue weighted by molar-refractivity contribution is 0.199. The maximum Gasteiger partial charge on any atom is 0.0587 e. The molecule has 1 aromatic carbocycles. The molecule has 0 fully saturated rings. The molecule has 0 aliphatic rings. The summed E-state index contributed by atoms with van der Waals surface area (Å²) < 4.78 is 6.37. The Morgan fingerprint density at radius 2 is 2.12 bits per heavy atom. The number of benzene rings is 1. The summed E-state index contributed by atoms with van der Waals surface area (Å²) in [4.78, 5) is 0. The highest BCUT2D eigenvalue weighted by Crippen LogP contribution is 2.25. The fourth-order valence-corrected chi connectivity index (χ4v) is 2.75. The first-order chi connectivity index (χ1) is 7.92. The third-order valence-electron chi connectivity index (χ3n) is 2.62. The zero-order valence-electron chi connectivity index (χ0n) is 9.53. The van der Waals surface area contributed by atoms with Gasteiger partial charge < -0.3 is 10.1 Å². The highest BCUT2D eigenvalue weighted by molar-refractivity contribution is 7.17. The van der Waals surface area contributed by atoms with Crippen LogP contribution in [0.1, 0.15) is 5.56 Å². The first-order valence-corrected chi connectivity index (χ1v) is 6.44. The van der Waals surface area contributed by atoms with Crippen molar-refractivity contribution in [2.24, 2.45) is 0 Å². The van der Waals surface area contributed by atoms with Crippen LogP contribution in [0.4, 0.5) is 0 Å². The van der Waals surface area contributed by atoms with Crippen LogP contribution in [0.5, 0.6) is 0 Å². The van der Waals surface area contributed by atoms with Crippen molar-refractivity contribution in [2.45, 2.75) is 6.42 Å². The van der Waals surface area contributed by atoms with Gasteiger partial charge in [-0.15, -0.1) is 11.3 Å². The molecule has 1 N–H and O–H groups in total. The second kappa shape index (κ2) is 5.99. The molecule has 86 valence electrons. The van der Waals surface area contributed by atoms with Crippen LogP contribution in [0.25, 0.3) is 10.1 Å². The highest BCUT2D eigenvalue weighted by atomic mass is 32.1. The Morgan fingerprint density at radius 3 is 3.00 bits per heavy atom. The van der Waals surface area contributed by atoms with Gasteiger partial charge in [-0.3, -0.25) is 0 Å². The van der Waals surface area contributed by atoms with Crippen LogP contribution >= 0.6 is 11.3 Å². The fourth-order valence-electron chi connectivity index (χ4n) is 1.75. The van der Waals surface area contributed by atoms with E-state index in [-0.39, 0.29) is 0 Å². The molecule has 0 radical (unpaired) electrons. The van der Waals surface area contributed by atoms with Crippen LogP contribution in [-0.2, 0) is 11.2 Å². The van der Waals surface area contributed by atoms with Crippen molar-refractivity contribution in [1.82, 2.24) is 5.32 Å². The molecule has 2 nitrogen and oxygen atoms in total. The number of nitrogens with one attached hydrogen (secondary N) is 1. The van der Waals surface area contributed by atoms with Crippen molar-refractivity contribution in [1.29, 1.82) is 0 Å². The van der Waals surface area contributed by atoms with Crippen molar-refractivity contribution in [3.8, 4) is 0 Å². The van der Waals surface area contributed by atoms with Crippen molar-refractivity contribution >= 4 is 21.4 Å². The largest absolute Gasteiger partial charge is 0.383 e. The summed E-state index contributed by atoms with van der Waals surface area (Å²) >= 11 is 1.83. The molecule has 0 unspecified atom stereocenters. The second-order valence-corrected chi connectivity index (χ2v) is 4.66. The number of fused-ring (bicyclic) bond motifs is 1. The Morgan fingerprint density at radius 1 is 1.25 bits per heavy atom. The minimum atomic E-state index is 0.782. The average Bonchev–Trinajstić information content (AvgIpc) is 2.73. The van der Waals surface area contributed by atoms with Gasteiger partial charge in [0.15, 0.2) is 0 Å². The van der Waals surface area contributed by atoms with E-state index in [9.17, 15) is 0 Å². The summed E-state index contributed by atoms with van der Waals surface area (Å²) in [7, 11) is 1.73. The van der Waals surface area contributed by atoms with E-state index < -0.39 is 0 Å². The third kappa shape index (κ3) is 2.82. The smallest absolute Gasteiger partial charge is 0.0587 e. The third-order valence-corrected chi connectivity index (χ3v) is 3.63. The van der Waals surface area contributed by atoms with Crippen LogP contribution < -0.4 is 5.32 Å². The van der Waals surface area contributed by atoms with Gasteiger partial charge in [-0.25, -0.2) is 0 Å². The molecule has 2 aromatic rings. The topological polar surface area (TPSA) is 21.3 Å². The Kier molecular flexibility index (Phi) is 4.34. The molecule has 0 aliphatic heterocycles. The average molecular weight is 235 g/mol. The predicted molar refractivity (Wildman–Crippen MR) is 70.3 cm³/mol. The first-order valence-electron chi connectivity index (χ1n) is 5.56. The zero-order valence-corrected chi connectivity index (χ0v) is 10.3. The Balaban J connectivity index is 1.89. The van der Waals surface area contributed by atoms with Crippen LogP contribution in [0.3, 0.4) is 0 Å². The zero-order chi connectivity index (χ0) is 11.2. The van der Waals surface area contributed by atoms with E-state index in [2.05, 4.69) is 35.0 Å². The van der Waals surface area contributed by atoms with Crippen molar-refractivity contribution in [3.63, 3.8) is 0 Å². The Labute approximate surface area is 100 Å². The quantitative estimate of drug-likeness (QED) is 0.777. The molecule has 0 saturated carbocycles. The van der Waals surface area contributed by atoms with Crippen molar-refractivity contribution in [2.75, 3.05) is 26.8 Å². The van der Waals surface area contributed by atoms with Crippen LogP contribution in [-0.4, -0.2) is 26.8 Å². The highest BCUT2D eigenvalue weighted by Gasteiger charge is 2.02. The monoisotopic (exact) mass is 235 g/mol. The lowest BCUT2D eigenvalue weighted by atomic mass is 10.1. The van der Waals surface area contributed by atoms with Gasteiger partial charge in [-0.2, -0.15) is 0 Å². The second-order valence-electron chi connectivity index (χ2n) is 3.75. The number of thiophene rings is 1. The predicted octanol–water partition coefficient (Wildman–Crippen LogP) is 2.68. The number of hydrogen-bond donors (Lipinski definition) is 1. The number of methoxy groups -OCH3 is 1. The summed E-state index contributed by atoms with van der Waals surface area (Å²) in [5.74, 6) is 0. The lowest BCUT2D eigenvalue weighted by Crippen LogP contribution is -2.21. The van der Waals surface area contributed by atoms with Gasteiger partial charge in [-0.05, 0) is 35.4 Å². The van der Waals surface area contributed by atoms with Crippen LogP contribution in [0.2, 0.25) is 0 Å². The Hall–Kier alpha value is -0.900. The van der Waals surface area contributed by atoms with E-state index in [4.69, 9.17) is 4.74 Å². The van der Waals surface area contributed by atoms with E-state index >= 15 is 0 Å². The van der Waals surface area contributed by atoms with Gasteiger partial charge in [0.1, 0.15) is 0 Å². The van der Waals surface area contributed by atoms with E-state index in [1.807, 2.05) is 11.3 Å². The SMILES string of the molecule is COCCNCCc1csc2ccccc12. The molecule has 1 heterocycles. The maximum absolute atomic E-state index is 4.99. The minimum absolute atomic E-state index is 0.782. The molecule has 0 amide bonds. The van der Waals surface area contributed by atoms with E-state index in [1.54, 1.807) is 7.11 Å². The molecular formula is C13H17NOS. The molecule has 0 bridgehead atoms. The maximum atomic E-state index is 4.99. The van der Waals surface area contributed by atoms with Crippen molar-refractivity contribution < 1.29 is 4.74 Å². The number of ether oxygens (including phenoxy) is 1. The Bertz CT molecular complexity index is 438. The number of rotatable bonds is 6.